The second-order valence-corrected chi connectivity index (χ2v) is 7.90. The molecule has 3 aliphatic rings. The van der Waals surface area contributed by atoms with Crippen LogP contribution in [0.25, 0.3) is 0 Å². The van der Waals surface area contributed by atoms with Crippen molar-refractivity contribution in [3.05, 3.63) is 71.0 Å². The number of nitrogens with zero attached hydrogens (tertiary/aromatic N) is 1. The molecule has 2 aromatic carbocycles. The lowest BCUT2D eigenvalue weighted by molar-refractivity contribution is -0.123. The van der Waals surface area contributed by atoms with Crippen LogP contribution in [0.5, 0.6) is 5.75 Å². The number of amides is 2. The van der Waals surface area contributed by atoms with Crippen molar-refractivity contribution in [2.45, 2.75) is 13.0 Å². The van der Waals surface area contributed by atoms with Gasteiger partial charge in [0.25, 0.3) is 0 Å². The van der Waals surface area contributed by atoms with Gasteiger partial charge in [-0.25, -0.2) is 4.39 Å². The first-order valence-electron chi connectivity index (χ1n) is 9.26. The van der Waals surface area contributed by atoms with E-state index in [4.69, 9.17) is 16.3 Å². The zero-order chi connectivity index (χ0) is 19.4. The van der Waals surface area contributed by atoms with E-state index in [2.05, 4.69) is 12.2 Å². The van der Waals surface area contributed by atoms with Crippen LogP contribution in [-0.4, -0.2) is 11.8 Å². The number of halogens is 2. The van der Waals surface area contributed by atoms with Crippen LogP contribution in [0.15, 0.2) is 54.6 Å². The lowest BCUT2D eigenvalue weighted by Gasteiger charge is -2.17. The summed E-state index contributed by atoms with van der Waals surface area (Å²) in [6.45, 7) is -0.00833. The zero-order valence-corrected chi connectivity index (χ0v) is 15.6. The number of hydrogen-bond donors (Lipinski definition) is 0. The van der Waals surface area contributed by atoms with Gasteiger partial charge < -0.3 is 4.74 Å². The molecule has 2 fully saturated rings. The smallest absolute Gasteiger partial charge is 0.238 e. The van der Waals surface area contributed by atoms with Crippen molar-refractivity contribution in [3.8, 4) is 5.75 Å². The highest BCUT2D eigenvalue weighted by Gasteiger charge is 2.59. The fraction of sp³-hybridized carbons (Fsp3) is 0.273. The summed E-state index contributed by atoms with van der Waals surface area (Å²) in [5.74, 6) is -0.217. The number of hydrogen-bond acceptors (Lipinski definition) is 3. The summed E-state index contributed by atoms with van der Waals surface area (Å²) in [4.78, 5) is 27.0. The number of imide groups is 1. The molecule has 0 spiro atoms. The number of rotatable bonds is 4. The van der Waals surface area contributed by atoms with Crippen LogP contribution < -0.4 is 9.64 Å². The van der Waals surface area contributed by atoms with Gasteiger partial charge in [0.15, 0.2) is 0 Å². The second kappa shape index (κ2) is 6.45. The molecule has 1 saturated heterocycles. The third-order valence-corrected chi connectivity index (χ3v) is 6.36. The molecule has 1 saturated carbocycles. The highest BCUT2D eigenvalue weighted by molar-refractivity contribution is 6.31. The van der Waals surface area contributed by atoms with E-state index < -0.39 is 5.82 Å². The maximum absolute atomic E-state index is 13.8. The average Bonchev–Trinajstić information content (AvgIpc) is 3.36. The van der Waals surface area contributed by atoms with Crippen LogP contribution in [0.2, 0.25) is 5.02 Å². The molecule has 0 unspecified atom stereocenters. The highest BCUT2D eigenvalue weighted by atomic mass is 35.5. The Morgan fingerprint density at radius 3 is 2.25 bits per heavy atom. The van der Waals surface area contributed by atoms with Gasteiger partial charge in [0.2, 0.25) is 11.8 Å². The van der Waals surface area contributed by atoms with Gasteiger partial charge in [-0.3, -0.25) is 14.5 Å². The first-order chi connectivity index (χ1) is 13.5. The number of allylic oxidation sites excluding steroid dienone is 2. The van der Waals surface area contributed by atoms with Crippen LogP contribution in [0.3, 0.4) is 0 Å². The molecule has 6 heteroatoms. The number of fused-ring (bicyclic) bond motifs is 5. The van der Waals surface area contributed by atoms with Crippen molar-refractivity contribution in [1.82, 2.24) is 0 Å². The molecule has 4 nitrogen and oxygen atoms in total. The Labute approximate surface area is 166 Å². The predicted molar refractivity (Wildman–Crippen MR) is 102 cm³/mol. The maximum Gasteiger partial charge on any atom is 0.238 e. The van der Waals surface area contributed by atoms with Gasteiger partial charge in [0.05, 0.1) is 22.5 Å². The van der Waals surface area contributed by atoms with Crippen molar-refractivity contribution < 1.29 is 18.7 Å². The summed E-state index contributed by atoms with van der Waals surface area (Å²) < 4.78 is 19.5. The second-order valence-electron chi connectivity index (χ2n) is 7.49. The summed E-state index contributed by atoms with van der Waals surface area (Å²) in [5, 5.41) is 0.305. The van der Waals surface area contributed by atoms with Crippen LogP contribution in [0.4, 0.5) is 10.1 Å². The van der Waals surface area contributed by atoms with Crippen molar-refractivity contribution in [2.75, 3.05) is 4.90 Å². The van der Waals surface area contributed by atoms with Crippen molar-refractivity contribution in [2.24, 2.45) is 23.7 Å². The minimum absolute atomic E-state index is 0.00833. The standard InChI is InChI=1S/C22H17ClFNO3/c23-17-2-1-3-18(24)16(17)11-28-15-8-6-14(7-9-15)25-21(26)19-12-4-5-13(10-12)20(19)22(25)27/h1-9,12-13,19-20H,10-11H2/t12-,13-,19+,20+/m0/s1. The quantitative estimate of drug-likeness (QED) is 0.568. The van der Waals surface area contributed by atoms with Crippen molar-refractivity contribution in [3.63, 3.8) is 0 Å². The Morgan fingerprint density at radius 2 is 1.64 bits per heavy atom. The zero-order valence-electron chi connectivity index (χ0n) is 14.8. The largest absolute Gasteiger partial charge is 0.489 e. The van der Waals surface area contributed by atoms with Gasteiger partial charge in [-0.15, -0.1) is 0 Å². The lowest BCUT2D eigenvalue weighted by Crippen LogP contribution is -2.32. The van der Waals surface area contributed by atoms with Crippen molar-refractivity contribution in [1.29, 1.82) is 0 Å². The van der Waals surface area contributed by atoms with Crippen LogP contribution in [0, 0.1) is 29.5 Å². The normalized spacial score (nSPS) is 27.6. The lowest BCUT2D eigenvalue weighted by atomic mass is 9.85. The molecule has 5 rings (SSSR count). The molecule has 2 aliphatic carbocycles. The average molecular weight is 398 g/mol. The van der Waals surface area contributed by atoms with E-state index in [9.17, 15) is 14.0 Å². The number of carbonyl (C=O) groups excluding carboxylic acids is 2. The Morgan fingerprint density at radius 1 is 1.00 bits per heavy atom. The summed E-state index contributed by atoms with van der Waals surface area (Å²) >= 11 is 6.01. The van der Waals surface area contributed by atoms with Gasteiger partial charge in [0.1, 0.15) is 18.2 Å². The van der Waals surface area contributed by atoms with E-state index >= 15 is 0 Å². The van der Waals surface area contributed by atoms with Gasteiger partial charge in [-0.2, -0.15) is 0 Å². The minimum atomic E-state index is -0.424. The molecule has 28 heavy (non-hydrogen) atoms. The molecule has 0 N–H and O–H groups in total. The molecule has 2 aromatic rings. The monoisotopic (exact) mass is 397 g/mol. The molecule has 2 bridgehead atoms. The summed E-state index contributed by atoms with van der Waals surface area (Å²) in [6.07, 6.45) is 5.06. The van der Waals surface area contributed by atoms with Gasteiger partial charge in [-0.05, 0) is 54.7 Å². The topological polar surface area (TPSA) is 46.6 Å². The van der Waals surface area contributed by atoms with Gasteiger partial charge in [-0.1, -0.05) is 29.8 Å². The van der Waals surface area contributed by atoms with E-state index in [1.807, 2.05) is 0 Å². The van der Waals surface area contributed by atoms with E-state index in [0.717, 1.165) is 6.42 Å². The molecular formula is C22H17ClFNO3. The van der Waals surface area contributed by atoms with Gasteiger partial charge >= 0.3 is 0 Å². The summed E-state index contributed by atoms with van der Waals surface area (Å²) in [6, 6.07) is 11.2. The summed E-state index contributed by atoms with van der Waals surface area (Å²) in [7, 11) is 0. The Kier molecular flexibility index (Phi) is 4.02. The summed E-state index contributed by atoms with van der Waals surface area (Å²) in [5.41, 5.74) is 0.828. The van der Waals surface area contributed by atoms with E-state index in [0.29, 0.717) is 16.5 Å². The van der Waals surface area contributed by atoms with Crippen LogP contribution >= 0.6 is 11.6 Å². The molecular weight excluding hydrogens is 381 g/mol. The third kappa shape index (κ3) is 2.57. The molecule has 4 atom stereocenters. The van der Waals surface area contributed by atoms with Crippen molar-refractivity contribution >= 4 is 29.1 Å². The first kappa shape index (κ1) is 17.4. The molecule has 1 heterocycles. The van der Waals surface area contributed by atoms with E-state index in [1.54, 1.807) is 30.3 Å². The predicted octanol–water partition coefficient (Wildman–Crippen LogP) is 4.37. The van der Waals surface area contributed by atoms with Crippen LogP contribution in [-0.2, 0) is 16.2 Å². The molecule has 0 aromatic heterocycles. The number of anilines is 1. The number of benzene rings is 2. The maximum atomic E-state index is 13.8. The van der Waals surface area contributed by atoms with Crippen LogP contribution in [0.1, 0.15) is 12.0 Å². The molecule has 1 aliphatic heterocycles. The Balaban J connectivity index is 1.32. The third-order valence-electron chi connectivity index (χ3n) is 6.01. The minimum Gasteiger partial charge on any atom is -0.489 e. The highest BCUT2D eigenvalue weighted by Crippen LogP contribution is 2.53. The Bertz CT molecular complexity index is 953. The molecule has 0 radical (unpaired) electrons. The van der Waals surface area contributed by atoms with E-state index in [1.165, 1.54) is 17.0 Å². The number of ether oxygens (including phenoxy) is 1. The number of carbonyl (C=O) groups is 2. The molecule has 2 amide bonds. The SMILES string of the molecule is O=C1[C@H]2[C@H](C(=O)N1c1ccc(OCc3c(F)cccc3Cl)cc1)[C@H]1C=C[C@H]2C1. The van der Waals surface area contributed by atoms with Gasteiger partial charge in [0, 0.05) is 5.56 Å². The fourth-order valence-corrected chi connectivity index (χ4v) is 4.89. The first-order valence-corrected chi connectivity index (χ1v) is 9.64. The van der Waals surface area contributed by atoms with E-state index in [-0.39, 0.29) is 47.7 Å². The molecule has 142 valence electrons. The Hall–Kier alpha value is -2.66. The fourth-order valence-electron chi connectivity index (χ4n) is 4.67.